The van der Waals surface area contributed by atoms with Gasteiger partial charge in [-0.15, -0.1) is 0 Å². The van der Waals surface area contributed by atoms with Crippen molar-refractivity contribution in [3.05, 3.63) is 24.3 Å². The first-order valence-corrected chi connectivity index (χ1v) is 6.75. The van der Waals surface area contributed by atoms with Crippen molar-refractivity contribution in [2.75, 3.05) is 17.7 Å². The van der Waals surface area contributed by atoms with Crippen molar-refractivity contribution in [2.45, 2.75) is 26.9 Å². The Balaban J connectivity index is 2.10. The van der Waals surface area contributed by atoms with Gasteiger partial charge in [-0.3, -0.25) is 0 Å². The average Bonchev–Trinajstić information content (AvgIpc) is 2.40. The first-order chi connectivity index (χ1) is 10.1. The number of ether oxygens (including phenoxy) is 2. The van der Waals surface area contributed by atoms with Gasteiger partial charge < -0.3 is 20.5 Å². The molecule has 0 spiro atoms. The average molecular weight is 289 g/mol. The van der Waals surface area contributed by atoms with E-state index in [-0.39, 0.29) is 18.1 Å². The van der Waals surface area contributed by atoms with E-state index in [0.717, 1.165) is 11.4 Å². The monoisotopic (exact) mass is 289 g/mol. The van der Waals surface area contributed by atoms with Gasteiger partial charge in [-0.05, 0) is 45.0 Å². The van der Waals surface area contributed by atoms with E-state index >= 15 is 0 Å². The van der Waals surface area contributed by atoms with Gasteiger partial charge in [0.1, 0.15) is 5.75 Å². The van der Waals surface area contributed by atoms with Gasteiger partial charge in [0.05, 0.1) is 12.7 Å². The van der Waals surface area contributed by atoms with Crippen molar-refractivity contribution >= 4 is 17.6 Å². The Bertz CT molecular complexity index is 586. The quantitative estimate of drug-likeness (QED) is 0.842. The largest absolute Gasteiger partial charge is 0.491 e. The van der Waals surface area contributed by atoms with Gasteiger partial charge in [-0.1, -0.05) is 0 Å². The second-order valence-electron chi connectivity index (χ2n) is 4.55. The third-order valence-corrected chi connectivity index (χ3v) is 2.39. The summed E-state index contributed by atoms with van der Waals surface area (Å²) in [4.78, 5) is 12.0. The van der Waals surface area contributed by atoms with Gasteiger partial charge >= 0.3 is 6.01 Å². The predicted molar refractivity (Wildman–Crippen MR) is 80.9 cm³/mol. The van der Waals surface area contributed by atoms with Crippen LogP contribution in [0.4, 0.5) is 17.6 Å². The number of nitrogens with zero attached hydrogens (tertiary/aromatic N) is 3. The topological polar surface area (TPSA) is 95.2 Å². The standard InChI is InChI=1S/C14H19N5O2/c1-4-20-14-18-12(15)17-13(19-14)16-10-5-7-11(8-6-10)21-9(2)3/h5-9H,4H2,1-3H3,(H3,15,16,17,18,19). The van der Waals surface area contributed by atoms with Crippen LogP contribution < -0.4 is 20.5 Å². The zero-order valence-electron chi connectivity index (χ0n) is 12.3. The lowest BCUT2D eigenvalue weighted by molar-refractivity contribution is 0.242. The zero-order chi connectivity index (χ0) is 15.2. The molecule has 3 N–H and O–H groups in total. The summed E-state index contributed by atoms with van der Waals surface area (Å²) >= 11 is 0. The molecule has 0 radical (unpaired) electrons. The Morgan fingerprint density at radius 2 is 1.86 bits per heavy atom. The molecule has 0 bridgehead atoms. The molecule has 0 aliphatic carbocycles. The molecular formula is C14H19N5O2. The molecule has 1 heterocycles. The van der Waals surface area contributed by atoms with E-state index in [4.69, 9.17) is 15.2 Å². The van der Waals surface area contributed by atoms with Crippen molar-refractivity contribution in [3.8, 4) is 11.8 Å². The summed E-state index contributed by atoms with van der Waals surface area (Å²) in [6, 6.07) is 7.69. The first kappa shape index (κ1) is 14.8. The summed E-state index contributed by atoms with van der Waals surface area (Å²) in [5.41, 5.74) is 6.44. The molecule has 0 unspecified atom stereocenters. The summed E-state index contributed by atoms with van der Waals surface area (Å²) in [7, 11) is 0. The molecule has 1 aromatic heterocycles. The van der Waals surface area contributed by atoms with Crippen molar-refractivity contribution in [3.63, 3.8) is 0 Å². The highest BCUT2D eigenvalue weighted by Gasteiger charge is 2.06. The fourth-order valence-corrected chi connectivity index (χ4v) is 1.64. The highest BCUT2D eigenvalue weighted by atomic mass is 16.5. The maximum Gasteiger partial charge on any atom is 0.323 e. The summed E-state index contributed by atoms with van der Waals surface area (Å²) in [6.45, 7) is 6.27. The minimum atomic E-state index is 0.107. The maximum atomic E-state index is 5.62. The molecule has 0 aliphatic rings. The summed E-state index contributed by atoms with van der Waals surface area (Å²) in [5.74, 6) is 1.25. The number of benzene rings is 1. The van der Waals surface area contributed by atoms with Crippen LogP contribution in [-0.4, -0.2) is 27.7 Å². The smallest absolute Gasteiger partial charge is 0.323 e. The fourth-order valence-electron chi connectivity index (χ4n) is 1.64. The minimum absolute atomic E-state index is 0.107. The maximum absolute atomic E-state index is 5.62. The van der Waals surface area contributed by atoms with Crippen LogP contribution in [0.2, 0.25) is 0 Å². The van der Waals surface area contributed by atoms with Crippen LogP contribution in [0.5, 0.6) is 11.8 Å². The van der Waals surface area contributed by atoms with E-state index in [2.05, 4.69) is 20.3 Å². The molecule has 0 atom stereocenters. The van der Waals surface area contributed by atoms with Crippen LogP contribution in [-0.2, 0) is 0 Å². The number of nitrogens with two attached hydrogens (primary N) is 1. The van der Waals surface area contributed by atoms with Crippen LogP contribution in [0.1, 0.15) is 20.8 Å². The SMILES string of the molecule is CCOc1nc(N)nc(Nc2ccc(OC(C)C)cc2)n1. The minimum Gasteiger partial charge on any atom is -0.491 e. The predicted octanol–water partition coefficient (Wildman–Crippen LogP) is 2.38. The summed E-state index contributed by atoms with van der Waals surface area (Å²) in [5, 5.41) is 3.05. The van der Waals surface area contributed by atoms with E-state index in [9.17, 15) is 0 Å². The lowest BCUT2D eigenvalue weighted by atomic mass is 10.3. The normalized spacial score (nSPS) is 10.5. The van der Waals surface area contributed by atoms with E-state index in [0.29, 0.717) is 12.6 Å². The summed E-state index contributed by atoms with van der Waals surface area (Å²) in [6.07, 6.45) is 0.140. The van der Waals surface area contributed by atoms with Gasteiger partial charge in [0.2, 0.25) is 11.9 Å². The highest BCUT2D eigenvalue weighted by molar-refractivity contribution is 5.55. The van der Waals surface area contributed by atoms with Crippen molar-refractivity contribution in [1.82, 2.24) is 15.0 Å². The molecule has 2 aromatic rings. The Morgan fingerprint density at radius 1 is 1.14 bits per heavy atom. The molecule has 7 nitrogen and oxygen atoms in total. The van der Waals surface area contributed by atoms with Crippen molar-refractivity contribution in [2.24, 2.45) is 0 Å². The fraction of sp³-hybridized carbons (Fsp3) is 0.357. The van der Waals surface area contributed by atoms with Crippen molar-refractivity contribution in [1.29, 1.82) is 0 Å². The second-order valence-corrected chi connectivity index (χ2v) is 4.55. The molecule has 0 amide bonds. The Kier molecular flexibility index (Phi) is 4.76. The van der Waals surface area contributed by atoms with Crippen LogP contribution in [0.15, 0.2) is 24.3 Å². The van der Waals surface area contributed by atoms with Gasteiger partial charge in [0.25, 0.3) is 0 Å². The number of hydrogen-bond acceptors (Lipinski definition) is 7. The van der Waals surface area contributed by atoms with Crippen LogP contribution in [0.3, 0.4) is 0 Å². The van der Waals surface area contributed by atoms with E-state index in [1.807, 2.05) is 45.0 Å². The van der Waals surface area contributed by atoms with Crippen LogP contribution >= 0.6 is 0 Å². The molecule has 0 aliphatic heterocycles. The lowest BCUT2D eigenvalue weighted by Crippen LogP contribution is -2.07. The van der Waals surface area contributed by atoms with Gasteiger partial charge in [0, 0.05) is 5.69 Å². The number of aromatic nitrogens is 3. The molecule has 21 heavy (non-hydrogen) atoms. The first-order valence-electron chi connectivity index (χ1n) is 6.75. The van der Waals surface area contributed by atoms with E-state index in [1.54, 1.807) is 0 Å². The molecule has 1 aromatic carbocycles. The third kappa shape index (κ3) is 4.48. The highest BCUT2D eigenvalue weighted by Crippen LogP contribution is 2.20. The second kappa shape index (κ2) is 6.74. The zero-order valence-corrected chi connectivity index (χ0v) is 12.3. The van der Waals surface area contributed by atoms with E-state index < -0.39 is 0 Å². The number of anilines is 3. The number of nitrogens with one attached hydrogen (secondary N) is 1. The molecule has 2 rings (SSSR count). The molecule has 0 saturated heterocycles. The number of rotatable bonds is 6. The van der Waals surface area contributed by atoms with Gasteiger partial charge in [-0.2, -0.15) is 15.0 Å². The number of nitrogen functional groups attached to an aromatic ring is 1. The molecule has 0 saturated carbocycles. The van der Waals surface area contributed by atoms with Crippen LogP contribution in [0, 0.1) is 0 Å². The third-order valence-electron chi connectivity index (χ3n) is 2.39. The Hall–Kier alpha value is -2.57. The lowest BCUT2D eigenvalue weighted by Gasteiger charge is -2.11. The van der Waals surface area contributed by atoms with E-state index in [1.165, 1.54) is 0 Å². The molecule has 112 valence electrons. The molecular weight excluding hydrogens is 270 g/mol. The Morgan fingerprint density at radius 3 is 2.48 bits per heavy atom. The van der Waals surface area contributed by atoms with Crippen molar-refractivity contribution < 1.29 is 9.47 Å². The molecule has 0 fully saturated rings. The number of hydrogen-bond donors (Lipinski definition) is 2. The Labute approximate surface area is 123 Å². The molecule has 7 heteroatoms. The van der Waals surface area contributed by atoms with Gasteiger partial charge in [0.15, 0.2) is 0 Å². The van der Waals surface area contributed by atoms with Crippen LogP contribution in [0.25, 0.3) is 0 Å². The van der Waals surface area contributed by atoms with Gasteiger partial charge in [-0.25, -0.2) is 0 Å². The summed E-state index contributed by atoms with van der Waals surface area (Å²) < 4.78 is 10.8.